The van der Waals surface area contributed by atoms with Crippen LogP contribution in [0.4, 0.5) is 13.2 Å². The molecule has 4 rings (SSSR count). The molecule has 3 aromatic rings. The summed E-state index contributed by atoms with van der Waals surface area (Å²) < 4.78 is 44.0. The summed E-state index contributed by atoms with van der Waals surface area (Å²) in [4.78, 5) is 11.7. The molecule has 3 heterocycles. The molecule has 1 aliphatic heterocycles. The molecule has 1 unspecified atom stereocenters. The number of rotatable bonds is 2. The van der Waals surface area contributed by atoms with Crippen LogP contribution in [-0.2, 0) is 6.18 Å². The Hall–Kier alpha value is -2.22. The third kappa shape index (κ3) is 2.82. The van der Waals surface area contributed by atoms with Crippen LogP contribution in [0.1, 0.15) is 22.9 Å². The summed E-state index contributed by atoms with van der Waals surface area (Å²) in [5.41, 5.74) is 1.04. The van der Waals surface area contributed by atoms with Crippen LogP contribution in [0.2, 0.25) is 0 Å². The highest BCUT2D eigenvalue weighted by Crippen LogP contribution is 2.42. The van der Waals surface area contributed by atoms with E-state index in [9.17, 15) is 13.2 Å². The van der Waals surface area contributed by atoms with Crippen LogP contribution >= 0.6 is 11.8 Å². The third-order valence-electron chi connectivity index (χ3n) is 3.78. The minimum absolute atomic E-state index is 0.0533. The van der Waals surface area contributed by atoms with Crippen LogP contribution < -0.4 is 4.74 Å². The number of ether oxygens (including phenoxy) is 1. The van der Waals surface area contributed by atoms with Crippen LogP contribution in [0.3, 0.4) is 0 Å². The van der Waals surface area contributed by atoms with Crippen molar-refractivity contribution in [3.63, 3.8) is 0 Å². The number of aromatic amines is 1. The van der Waals surface area contributed by atoms with Crippen molar-refractivity contribution < 1.29 is 17.9 Å². The van der Waals surface area contributed by atoms with Gasteiger partial charge in [-0.3, -0.25) is 4.98 Å². The number of halogens is 3. The monoisotopic (exact) mass is 351 g/mol. The number of fused-ring (bicyclic) bond motifs is 2. The molecule has 0 spiro atoms. The number of H-pyrrole nitrogens is 1. The normalized spacial score (nSPS) is 17.5. The number of nitrogens with one attached hydrogen (secondary N) is 1. The Labute approximate surface area is 139 Å². The number of nitrogens with zero attached hydrogens (tertiary/aromatic N) is 2. The summed E-state index contributed by atoms with van der Waals surface area (Å²) >= 11 is 1.46. The van der Waals surface area contributed by atoms with Gasteiger partial charge in [-0.2, -0.15) is 13.2 Å². The maximum atomic E-state index is 12.8. The lowest BCUT2D eigenvalue weighted by molar-refractivity contribution is -0.137. The summed E-state index contributed by atoms with van der Waals surface area (Å²) in [7, 11) is 0. The molecule has 1 aromatic carbocycles. The largest absolute Gasteiger partial charge is 0.492 e. The number of thioether (sulfide) groups is 1. The molecule has 2 aromatic heterocycles. The number of benzene rings is 1. The average molecular weight is 351 g/mol. The van der Waals surface area contributed by atoms with Gasteiger partial charge in [0.2, 0.25) is 0 Å². The van der Waals surface area contributed by atoms with Crippen molar-refractivity contribution in [2.24, 2.45) is 0 Å². The van der Waals surface area contributed by atoms with Gasteiger partial charge in [-0.15, -0.1) is 0 Å². The van der Waals surface area contributed by atoms with Crippen molar-refractivity contribution in [2.45, 2.75) is 23.0 Å². The Morgan fingerprint density at radius 2 is 2.12 bits per heavy atom. The molecule has 0 saturated heterocycles. The summed E-state index contributed by atoms with van der Waals surface area (Å²) in [5.74, 6) is 0.747. The molecular formula is C16H12F3N3OS. The van der Waals surface area contributed by atoms with E-state index < -0.39 is 11.7 Å². The van der Waals surface area contributed by atoms with Gasteiger partial charge >= 0.3 is 6.18 Å². The molecule has 0 bridgehead atoms. The molecule has 124 valence electrons. The highest BCUT2D eigenvalue weighted by atomic mass is 32.2. The number of imidazole rings is 1. The second-order valence-corrected chi connectivity index (χ2v) is 6.59. The van der Waals surface area contributed by atoms with Gasteiger partial charge in [0.15, 0.2) is 5.16 Å². The van der Waals surface area contributed by atoms with Crippen LogP contribution in [0.25, 0.3) is 11.0 Å². The predicted molar refractivity (Wildman–Crippen MR) is 84.0 cm³/mol. The van der Waals surface area contributed by atoms with E-state index in [4.69, 9.17) is 4.74 Å². The fraction of sp³-hybridized carbons (Fsp3) is 0.250. The van der Waals surface area contributed by atoms with Crippen molar-refractivity contribution in [1.29, 1.82) is 0 Å². The van der Waals surface area contributed by atoms with E-state index in [2.05, 4.69) is 15.0 Å². The third-order valence-corrected chi connectivity index (χ3v) is 4.94. The van der Waals surface area contributed by atoms with Gasteiger partial charge in [0, 0.05) is 6.20 Å². The lowest BCUT2D eigenvalue weighted by atomic mass is 10.1. The van der Waals surface area contributed by atoms with Crippen molar-refractivity contribution in [3.05, 3.63) is 47.8 Å². The number of hydrogen-bond acceptors (Lipinski definition) is 4. The van der Waals surface area contributed by atoms with Gasteiger partial charge in [0.1, 0.15) is 5.75 Å². The van der Waals surface area contributed by atoms with E-state index in [1.165, 1.54) is 17.8 Å². The highest BCUT2D eigenvalue weighted by molar-refractivity contribution is 7.99. The number of pyridine rings is 1. The smallest absolute Gasteiger partial charge is 0.416 e. The zero-order valence-electron chi connectivity index (χ0n) is 12.3. The lowest BCUT2D eigenvalue weighted by Gasteiger charge is -2.23. The molecule has 1 N–H and O–H groups in total. The Morgan fingerprint density at radius 3 is 2.96 bits per heavy atom. The summed E-state index contributed by atoms with van der Waals surface area (Å²) in [6.07, 6.45) is -1.90. The van der Waals surface area contributed by atoms with Crippen LogP contribution in [0.15, 0.2) is 41.7 Å². The Balaban J connectivity index is 1.64. The molecule has 0 saturated carbocycles. The number of alkyl halides is 3. The van der Waals surface area contributed by atoms with E-state index in [1.807, 2.05) is 12.1 Å². The van der Waals surface area contributed by atoms with E-state index in [0.717, 1.165) is 30.0 Å². The van der Waals surface area contributed by atoms with Gasteiger partial charge in [0.25, 0.3) is 0 Å². The molecular weight excluding hydrogens is 339 g/mol. The summed E-state index contributed by atoms with van der Waals surface area (Å²) in [6, 6.07) is 7.19. The maximum absolute atomic E-state index is 12.8. The Bertz CT molecular complexity index is 894. The molecule has 4 nitrogen and oxygen atoms in total. The Kier molecular flexibility index (Phi) is 3.64. The zero-order valence-corrected chi connectivity index (χ0v) is 13.1. The molecule has 0 fully saturated rings. The topological polar surface area (TPSA) is 50.8 Å². The van der Waals surface area contributed by atoms with Gasteiger partial charge in [-0.1, -0.05) is 11.8 Å². The molecule has 0 amide bonds. The average Bonchev–Trinajstić information content (AvgIpc) is 2.96. The van der Waals surface area contributed by atoms with Crippen LogP contribution in [0, 0.1) is 0 Å². The predicted octanol–water partition coefficient (Wildman–Crippen LogP) is 4.59. The summed E-state index contributed by atoms with van der Waals surface area (Å²) in [6.45, 7) is 0.578. The lowest BCUT2D eigenvalue weighted by Crippen LogP contribution is -2.13. The first kappa shape index (κ1) is 15.3. The molecule has 0 aliphatic carbocycles. The SMILES string of the molecule is FC(F)(F)c1ccc2nc(SC3CCOc4cccnc43)[nH]c2c1. The van der Waals surface area contributed by atoms with Crippen LogP contribution in [-0.4, -0.2) is 21.6 Å². The van der Waals surface area contributed by atoms with E-state index in [-0.39, 0.29) is 5.25 Å². The second-order valence-electron chi connectivity index (χ2n) is 5.40. The van der Waals surface area contributed by atoms with Crippen molar-refractivity contribution in [1.82, 2.24) is 15.0 Å². The molecule has 8 heteroatoms. The first-order valence-electron chi connectivity index (χ1n) is 7.32. The maximum Gasteiger partial charge on any atom is 0.416 e. The molecule has 0 radical (unpaired) electrons. The molecule has 1 aliphatic rings. The second kappa shape index (κ2) is 5.70. The van der Waals surface area contributed by atoms with Gasteiger partial charge in [0.05, 0.1) is 34.1 Å². The first-order chi connectivity index (χ1) is 11.5. The van der Waals surface area contributed by atoms with Crippen molar-refractivity contribution in [2.75, 3.05) is 6.61 Å². The highest BCUT2D eigenvalue weighted by Gasteiger charge is 2.31. The van der Waals surface area contributed by atoms with E-state index in [1.54, 1.807) is 6.20 Å². The fourth-order valence-electron chi connectivity index (χ4n) is 2.65. The zero-order chi connectivity index (χ0) is 16.7. The standard InChI is InChI=1S/C16H12F3N3OS/c17-16(18,19)9-3-4-10-11(8-9)22-15(21-10)24-13-5-7-23-12-2-1-6-20-14(12)13/h1-4,6,8,13H,5,7H2,(H,21,22). The van der Waals surface area contributed by atoms with Crippen LogP contribution in [0.5, 0.6) is 5.75 Å². The fourth-order valence-corrected chi connectivity index (χ4v) is 3.74. The van der Waals surface area contributed by atoms with Gasteiger partial charge in [-0.25, -0.2) is 4.98 Å². The first-order valence-corrected chi connectivity index (χ1v) is 8.20. The quantitative estimate of drug-likeness (QED) is 0.733. The van der Waals surface area contributed by atoms with Crippen molar-refractivity contribution in [3.8, 4) is 5.75 Å². The van der Waals surface area contributed by atoms with E-state index in [0.29, 0.717) is 22.8 Å². The van der Waals surface area contributed by atoms with Crippen molar-refractivity contribution >= 4 is 22.8 Å². The van der Waals surface area contributed by atoms with Gasteiger partial charge < -0.3 is 9.72 Å². The van der Waals surface area contributed by atoms with E-state index >= 15 is 0 Å². The number of hydrogen-bond donors (Lipinski definition) is 1. The number of aromatic nitrogens is 3. The summed E-state index contributed by atoms with van der Waals surface area (Å²) in [5, 5.41) is 0.630. The molecule has 24 heavy (non-hydrogen) atoms. The van der Waals surface area contributed by atoms with Gasteiger partial charge in [-0.05, 0) is 36.8 Å². The minimum atomic E-state index is -4.36. The molecule has 1 atom stereocenters. The minimum Gasteiger partial charge on any atom is -0.492 e. The Morgan fingerprint density at radius 1 is 1.25 bits per heavy atom.